The third-order valence-corrected chi connectivity index (χ3v) is 4.80. The molecule has 2 atom stereocenters. The third-order valence-electron chi connectivity index (χ3n) is 4.80. The molecule has 122 valence electrons. The summed E-state index contributed by atoms with van der Waals surface area (Å²) in [5.74, 6) is 0.785. The molecule has 1 aliphatic rings. The number of ketones is 1. The van der Waals surface area contributed by atoms with Crippen LogP contribution in [-0.4, -0.2) is 5.78 Å². The standard InChI is InChI=1S/C23H24O/c1-17(19-9-5-3-6-10-19)15-21-13-14-22(23(21)24)16-18(2)20-11-7-4-8-12-20/h3-12,15-18H,13-14H2,1-2H3/b21-15+,22-16+. The highest BCUT2D eigenvalue weighted by atomic mass is 16.1. The van der Waals surface area contributed by atoms with Crippen LogP contribution in [0.2, 0.25) is 0 Å². The molecule has 1 nitrogen and oxygen atoms in total. The predicted molar refractivity (Wildman–Crippen MR) is 100 cm³/mol. The van der Waals surface area contributed by atoms with E-state index >= 15 is 0 Å². The number of hydrogen-bond acceptors (Lipinski definition) is 1. The molecule has 3 rings (SSSR count). The van der Waals surface area contributed by atoms with Crippen molar-refractivity contribution < 1.29 is 4.79 Å². The maximum absolute atomic E-state index is 12.7. The van der Waals surface area contributed by atoms with Crippen molar-refractivity contribution in [2.24, 2.45) is 0 Å². The number of rotatable bonds is 4. The van der Waals surface area contributed by atoms with Crippen LogP contribution in [0.3, 0.4) is 0 Å². The van der Waals surface area contributed by atoms with E-state index in [0.717, 1.165) is 24.0 Å². The summed E-state index contributed by atoms with van der Waals surface area (Å²) in [7, 11) is 0. The van der Waals surface area contributed by atoms with Gasteiger partial charge in [0.15, 0.2) is 5.78 Å². The van der Waals surface area contributed by atoms with Gasteiger partial charge in [0.1, 0.15) is 0 Å². The molecule has 0 aliphatic heterocycles. The van der Waals surface area contributed by atoms with E-state index in [2.05, 4.69) is 50.3 Å². The topological polar surface area (TPSA) is 17.1 Å². The first-order valence-electron chi connectivity index (χ1n) is 8.71. The van der Waals surface area contributed by atoms with Crippen molar-refractivity contribution in [1.82, 2.24) is 0 Å². The van der Waals surface area contributed by atoms with Crippen LogP contribution in [0.15, 0.2) is 84.0 Å². The van der Waals surface area contributed by atoms with E-state index in [0.29, 0.717) is 0 Å². The van der Waals surface area contributed by atoms with Gasteiger partial charge in [0.05, 0.1) is 0 Å². The summed E-state index contributed by atoms with van der Waals surface area (Å²) >= 11 is 0. The molecular formula is C23H24O. The summed E-state index contributed by atoms with van der Waals surface area (Å²) in [6.45, 7) is 4.31. The zero-order valence-electron chi connectivity index (χ0n) is 14.4. The Balaban J connectivity index is 1.75. The Labute approximate surface area is 144 Å². The molecule has 2 aromatic carbocycles. The molecule has 2 aromatic rings. The molecule has 0 N–H and O–H groups in total. The summed E-state index contributed by atoms with van der Waals surface area (Å²) in [4.78, 5) is 12.7. The summed E-state index contributed by atoms with van der Waals surface area (Å²) in [5.41, 5.74) is 4.46. The van der Waals surface area contributed by atoms with E-state index in [1.54, 1.807) is 0 Å². The first-order chi connectivity index (χ1) is 11.6. The molecule has 0 saturated heterocycles. The van der Waals surface area contributed by atoms with Crippen molar-refractivity contribution >= 4 is 5.78 Å². The molecule has 0 amide bonds. The SMILES string of the molecule is CC(/C=C1\CC/C(=C\C(C)c2ccccc2)C1=O)c1ccccc1. The average molecular weight is 316 g/mol. The second-order valence-electron chi connectivity index (χ2n) is 6.61. The van der Waals surface area contributed by atoms with E-state index in [9.17, 15) is 4.79 Å². The molecule has 1 fully saturated rings. The second-order valence-corrected chi connectivity index (χ2v) is 6.61. The van der Waals surface area contributed by atoms with Crippen molar-refractivity contribution in [2.45, 2.75) is 38.5 Å². The molecule has 0 bridgehead atoms. The molecule has 0 spiro atoms. The fourth-order valence-corrected chi connectivity index (χ4v) is 3.33. The molecule has 0 radical (unpaired) electrons. The van der Waals surface area contributed by atoms with Gasteiger partial charge < -0.3 is 0 Å². The Morgan fingerprint density at radius 2 is 1.08 bits per heavy atom. The van der Waals surface area contributed by atoms with Crippen molar-refractivity contribution in [1.29, 1.82) is 0 Å². The van der Waals surface area contributed by atoms with Gasteiger partial charge in [0.2, 0.25) is 0 Å². The normalized spacial score (nSPS) is 20.5. The van der Waals surface area contributed by atoms with Gasteiger partial charge in [-0.15, -0.1) is 0 Å². The summed E-state index contributed by atoms with van der Waals surface area (Å²) in [6.07, 6.45) is 6.02. The first-order valence-corrected chi connectivity index (χ1v) is 8.71. The number of hydrogen-bond donors (Lipinski definition) is 0. The lowest BCUT2D eigenvalue weighted by atomic mass is 9.96. The Morgan fingerprint density at radius 1 is 0.708 bits per heavy atom. The first kappa shape index (κ1) is 16.4. The number of benzene rings is 2. The number of allylic oxidation sites excluding steroid dienone is 4. The highest BCUT2D eigenvalue weighted by molar-refractivity contribution is 6.10. The van der Waals surface area contributed by atoms with Crippen LogP contribution in [0.25, 0.3) is 0 Å². The van der Waals surface area contributed by atoms with Crippen LogP contribution in [-0.2, 0) is 4.79 Å². The molecule has 1 heteroatoms. The van der Waals surface area contributed by atoms with Crippen molar-refractivity contribution in [2.75, 3.05) is 0 Å². The van der Waals surface area contributed by atoms with Crippen molar-refractivity contribution in [3.63, 3.8) is 0 Å². The highest BCUT2D eigenvalue weighted by Crippen LogP contribution is 2.31. The van der Waals surface area contributed by atoms with E-state index in [-0.39, 0.29) is 17.6 Å². The largest absolute Gasteiger partial charge is 0.289 e. The van der Waals surface area contributed by atoms with E-state index in [1.165, 1.54) is 11.1 Å². The minimum absolute atomic E-state index is 0.237. The molecular weight excluding hydrogens is 292 g/mol. The fourth-order valence-electron chi connectivity index (χ4n) is 3.33. The molecule has 1 saturated carbocycles. The average Bonchev–Trinajstić information content (AvgIpc) is 2.96. The van der Waals surface area contributed by atoms with E-state index < -0.39 is 0 Å². The van der Waals surface area contributed by atoms with Gasteiger partial charge in [-0.3, -0.25) is 4.79 Å². The minimum atomic E-state index is 0.237. The summed E-state index contributed by atoms with van der Waals surface area (Å²) in [6, 6.07) is 20.7. The molecule has 24 heavy (non-hydrogen) atoms. The van der Waals surface area contributed by atoms with Crippen LogP contribution in [0.5, 0.6) is 0 Å². The van der Waals surface area contributed by atoms with Gasteiger partial charge in [-0.1, -0.05) is 86.7 Å². The summed E-state index contributed by atoms with van der Waals surface area (Å²) < 4.78 is 0. The van der Waals surface area contributed by atoms with Gasteiger partial charge in [0.25, 0.3) is 0 Å². The Hall–Kier alpha value is -2.41. The van der Waals surface area contributed by atoms with Crippen molar-refractivity contribution in [3.05, 3.63) is 95.1 Å². The van der Waals surface area contributed by atoms with Gasteiger partial charge in [-0.2, -0.15) is 0 Å². The lowest BCUT2D eigenvalue weighted by Crippen LogP contribution is -2.00. The maximum atomic E-state index is 12.7. The molecule has 1 aliphatic carbocycles. The molecule has 0 aromatic heterocycles. The zero-order chi connectivity index (χ0) is 16.9. The van der Waals surface area contributed by atoms with Gasteiger partial charge >= 0.3 is 0 Å². The number of carbonyl (C=O) groups is 1. The van der Waals surface area contributed by atoms with Crippen LogP contribution in [0, 0.1) is 0 Å². The van der Waals surface area contributed by atoms with Gasteiger partial charge in [-0.25, -0.2) is 0 Å². The smallest absolute Gasteiger partial charge is 0.184 e. The second kappa shape index (κ2) is 7.44. The minimum Gasteiger partial charge on any atom is -0.289 e. The van der Waals surface area contributed by atoms with Crippen LogP contribution in [0.1, 0.15) is 49.7 Å². The van der Waals surface area contributed by atoms with Crippen LogP contribution < -0.4 is 0 Å². The maximum Gasteiger partial charge on any atom is 0.184 e. The number of Topliss-reactive ketones (excluding diaryl/α,β-unsaturated/α-hetero) is 1. The zero-order valence-corrected chi connectivity index (χ0v) is 14.4. The third kappa shape index (κ3) is 3.73. The lowest BCUT2D eigenvalue weighted by molar-refractivity contribution is -0.111. The predicted octanol–water partition coefficient (Wildman–Crippen LogP) is 5.81. The Bertz CT molecular complexity index is 688. The van der Waals surface area contributed by atoms with Gasteiger partial charge in [0, 0.05) is 0 Å². The molecule has 0 heterocycles. The van der Waals surface area contributed by atoms with Crippen LogP contribution in [0.4, 0.5) is 0 Å². The number of carbonyl (C=O) groups excluding carboxylic acids is 1. The van der Waals surface area contributed by atoms with Gasteiger partial charge in [-0.05, 0) is 47.0 Å². The monoisotopic (exact) mass is 316 g/mol. The Kier molecular flexibility index (Phi) is 5.10. The van der Waals surface area contributed by atoms with Crippen LogP contribution >= 0.6 is 0 Å². The van der Waals surface area contributed by atoms with E-state index in [4.69, 9.17) is 0 Å². The van der Waals surface area contributed by atoms with Crippen molar-refractivity contribution in [3.8, 4) is 0 Å². The quantitative estimate of drug-likeness (QED) is 0.651. The van der Waals surface area contributed by atoms with E-state index in [1.807, 2.05) is 36.4 Å². The lowest BCUT2D eigenvalue weighted by Gasteiger charge is -2.08. The highest BCUT2D eigenvalue weighted by Gasteiger charge is 2.24. The molecule has 2 unspecified atom stereocenters. The fraction of sp³-hybridized carbons (Fsp3) is 0.261. The Morgan fingerprint density at radius 3 is 1.46 bits per heavy atom. The summed E-state index contributed by atoms with van der Waals surface area (Å²) in [5, 5.41) is 0.